The molecule has 0 spiro atoms. The molecule has 0 atom stereocenters. The van der Waals surface area contributed by atoms with Gasteiger partial charge in [0, 0.05) is 23.5 Å². The van der Waals surface area contributed by atoms with E-state index in [1.54, 1.807) is 12.3 Å². The molecule has 1 aromatic heterocycles. The summed E-state index contributed by atoms with van der Waals surface area (Å²) in [6.07, 6.45) is 1.65. The van der Waals surface area contributed by atoms with E-state index in [9.17, 15) is 9.59 Å². The Bertz CT molecular complexity index is 1210. The highest BCUT2D eigenvalue weighted by molar-refractivity contribution is 6.02. The number of hydrogen-bond donors (Lipinski definition) is 3. The molecule has 0 saturated heterocycles. The van der Waals surface area contributed by atoms with E-state index in [2.05, 4.69) is 21.7 Å². The molecule has 1 heterocycles. The molecule has 4 aromatic rings. The predicted molar refractivity (Wildman–Crippen MR) is 109 cm³/mol. The summed E-state index contributed by atoms with van der Waals surface area (Å²) in [6, 6.07) is 19.1. The van der Waals surface area contributed by atoms with Crippen molar-refractivity contribution in [2.45, 2.75) is 13.5 Å². The summed E-state index contributed by atoms with van der Waals surface area (Å²) in [4.78, 5) is 27.1. The smallest absolute Gasteiger partial charge is 0.319 e. The first-order chi connectivity index (χ1) is 13.1. The lowest BCUT2D eigenvalue weighted by Gasteiger charge is -2.12. The van der Waals surface area contributed by atoms with Crippen molar-refractivity contribution in [3.05, 3.63) is 88.3 Å². The predicted octanol–water partition coefficient (Wildman–Crippen LogP) is 4.31. The van der Waals surface area contributed by atoms with Crippen molar-refractivity contribution in [2.24, 2.45) is 0 Å². The Hall–Kier alpha value is -3.60. The molecule has 0 aliphatic carbocycles. The van der Waals surface area contributed by atoms with Crippen LogP contribution in [-0.2, 0) is 6.54 Å². The maximum Gasteiger partial charge on any atom is 0.319 e. The van der Waals surface area contributed by atoms with Crippen LogP contribution in [0.2, 0.25) is 0 Å². The number of rotatable bonds is 3. The number of amides is 2. The zero-order valence-corrected chi connectivity index (χ0v) is 14.9. The molecule has 5 heteroatoms. The summed E-state index contributed by atoms with van der Waals surface area (Å²) in [5, 5.41) is 9.33. The van der Waals surface area contributed by atoms with Gasteiger partial charge in [-0.15, -0.1) is 0 Å². The standard InChI is InChI=1S/C22H19N3O2/c1-14-10-15-6-2-3-8-18(15)20(11-14)25-22(27)24-13-16-12-23-21(26)19-9-5-4-7-17(16)19/h2-12H,13H2,1H3,(H,23,26)(H2,24,25,27). The molecule has 3 aromatic carbocycles. The molecular weight excluding hydrogens is 338 g/mol. The van der Waals surface area contributed by atoms with Crippen LogP contribution in [0.3, 0.4) is 0 Å². The molecule has 5 nitrogen and oxygen atoms in total. The first kappa shape index (κ1) is 16.8. The van der Waals surface area contributed by atoms with Crippen LogP contribution in [0.15, 0.2) is 71.7 Å². The Morgan fingerprint density at radius 3 is 2.48 bits per heavy atom. The van der Waals surface area contributed by atoms with E-state index < -0.39 is 0 Å². The Morgan fingerprint density at radius 2 is 1.67 bits per heavy atom. The molecule has 0 aliphatic heterocycles. The summed E-state index contributed by atoms with van der Waals surface area (Å²) in [7, 11) is 0. The number of fused-ring (bicyclic) bond motifs is 2. The van der Waals surface area contributed by atoms with Crippen molar-refractivity contribution < 1.29 is 4.79 Å². The third kappa shape index (κ3) is 3.40. The second kappa shape index (κ2) is 6.96. The third-order valence-electron chi connectivity index (χ3n) is 4.59. The van der Waals surface area contributed by atoms with Gasteiger partial charge in [0.25, 0.3) is 5.56 Å². The zero-order valence-electron chi connectivity index (χ0n) is 14.9. The molecule has 0 unspecified atom stereocenters. The molecule has 134 valence electrons. The summed E-state index contributed by atoms with van der Waals surface area (Å²) in [6.45, 7) is 2.31. The minimum absolute atomic E-state index is 0.134. The second-order valence-corrected chi connectivity index (χ2v) is 6.53. The number of aromatic amines is 1. The number of urea groups is 1. The molecule has 0 radical (unpaired) electrons. The van der Waals surface area contributed by atoms with Crippen LogP contribution in [0, 0.1) is 6.92 Å². The summed E-state index contributed by atoms with van der Waals surface area (Å²) >= 11 is 0. The van der Waals surface area contributed by atoms with Crippen molar-refractivity contribution in [1.82, 2.24) is 10.3 Å². The highest BCUT2D eigenvalue weighted by Gasteiger charge is 2.08. The van der Waals surface area contributed by atoms with E-state index >= 15 is 0 Å². The first-order valence-electron chi connectivity index (χ1n) is 8.75. The van der Waals surface area contributed by atoms with Gasteiger partial charge in [-0.25, -0.2) is 4.79 Å². The van der Waals surface area contributed by atoms with Gasteiger partial charge in [0.1, 0.15) is 0 Å². The van der Waals surface area contributed by atoms with Crippen LogP contribution in [0.4, 0.5) is 10.5 Å². The van der Waals surface area contributed by atoms with E-state index in [0.29, 0.717) is 11.9 Å². The highest BCUT2D eigenvalue weighted by atomic mass is 16.2. The lowest BCUT2D eigenvalue weighted by molar-refractivity contribution is 0.252. The Kier molecular flexibility index (Phi) is 4.34. The fraction of sp³-hybridized carbons (Fsp3) is 0.0909. The van der Waals surface area contributed by atoms with Gasteiger partial charge in [-0.1, -0.05) is 48.5 Å². The van der Waals surface area contributed by atoms with Crippen molar-refractivity contribution in [2.75, 3.05) is 5.32 Å². The fourth-order valence-corrected chi connectivity index (χ4v) is 3.32. The fourth-order valence-electron chi connectivity index (χ4n) is 3.32. The molecule has 2 amide bonds. The number of anilines is 1. The first-order valence-corrected chi connectivity index (χ1v) is 8.75. The topological polar surface area (TPSA) is 74.0 Å². The Balaban J connectivity index is 1.55. The molecule has 3 N–H and O–H groups in total. The van der Waals surface area contributed by atoms with Crippen LogP contribution in [0.25, 0.3) is 21.5 Å². The molecule has 4 rings (SSSR count). The minimum Gasteiger partial charge on any atom is -0.334 e. The average molecular weight is 357 g/mol. The quantitative estimate of drug-likeness (QED) is 0.511. The molecule has 0 saturated carbocycles. The van der Waals surface area contributed by atoms with Crippen molar-refractivity contribution in [3.8, 4) is 0 Å². The van der Waals surface area contributed by atoms with Gasteiger partial charge >= 0.3 is 6.03 Å². The van der Waals surface area contributed by atoms with Crippen LogP contribution < -0.4 is 16.2 Å². The number of aromatic nitrogens is 1. The van der Waals surface area contributed by atoms with Crippen molar-refractivity contribution in [1.29, 1.82) is 0 Å². The van der Waals surface area contributed by atoms with Crippen molar-refractivity contribution in [3.63, 3.8) is 0 Å². The molecule has 0 fully saturated rings. The number of nitrogens with one attached hydrogen (secondary N) is 3. The summed E-state index contributed by atoms with van der Waals surface area (Å²) in [5.74, 6) is 0. The minimum atomic E-state index is -0.291. The molecule has 0 aliphatic rings. The van der Waals surface area contributed by atoms with E-state index in [0.717, 1.165) is 33.0 Å². The van der Waals surface area contributed by atoms with E-state index in [4.69, 9.17) is 0 Å². The zero-order chi connectivity index (χ0) is 18.8. The SMILES string of the molecule is Cc1cc(NC(=O)NCc2c[nH]c(=O)c3ccccc23)c2ccccc2c1. The van der Waals surface area contributed by atoms with E-state index in [1.807, 2.05) is 55.5 Å². The molecule has 27 heavy (non-hydrogen) atoms. The largest absolute Gasteiger partial charge is 0.334 e. The molecule has 0 bridgehead atoms. The highest BCUT2D eigenvalue weighted by Crippen LogP contribution is 2.25. The number of aryl methyl sites for hydroxylation is 1. The maximum atomic E-state index is 12.4. The van der Waals surface area contributed by atoms with Crippen LogP contribution >= 0.6 is 0 Å². The Labute approximate surface area is 156 Å². The van der Waals surface area contributed by atoms with Gasteiger partial charge in [0.15, 0.2) is 0 Å². The monoisotopic (exact) mass is 357 g/mol. The van der Waals surface area contributed by atoms with Crippen LogP contribution in [0.5, 0.6) is 0 Å². The number of carbonyl (C=O) groups is 1. The lowest BCUT2D eigenvalue weighted by atomic mass is 10.1. The van der Waals surface area contributed by atoms with Gasteiger partial charge in [0.2, 0.25) is 0 Å². The number of H-pyrrole nitrogens is 1. The van der Waals surface area contributed by atoms with Crippen LogP contribution in [0.1, 0.15) is 11.1 Å². The van der Waals surface area contributed by atoms with E-state index in [1.165, 1.54) is 0 Å². The molecular formula is C22H19N3O2. The second-order valence-electron chi connectivity index (χ2n) is 6.53. The number of pyridine rings is 1. The van der Waals surface area contributed by atoms with Gasteiger partial charge in [-0.3, -0.25) is 4.79 Å². The van der Waals surface area contributed by atoms with E-state index in [-0.39, 0.29) is 11.6 Å². The normalized spacial score (nSPS) is 10.9. The lowest BCUT2D eigenvalue weighted by Crippen LogP contribution is -2.28. The van der Waals surface area contributed by atoms with Crippen molar-refractivity contribution >= 4 is 33.3 Å². The third-order valence-corrected chi connectivity index (χ3v) is 4.59. The van der Waals surface area contributed by atoms with Gasteiger partial charge in [-0.05, 0) is 41.0 Å². The van der Waals surface area contributed by atoms with Crippen LogP contribution in [-0.4, -0.2) is 11.0 Å². The maximum absolute atomic E-state index is 12.4. The summed E-state index contributed by atoms with van der Waals surface area (Å²) < 4.78 is 0. The van der Waals surface area contributed by atoms with Gasteiger partial charge in [0.05, 0.1) is 5.69 Å². The average Bonchev–Trinajstić information content (AvgIpc) is 2.67. The number of hydrogen-bond acceptors (Lipinski definition) is 2. The number of carbonyl (C=O) groups excluding carboxylic acids is 1. The van der Waals surface area contributed by atoms with Gasteiger partial charge < -0.3 is 15.6 Å². The number of benzene rings is 3. The van der Waals surface area contributed by atoms with Gasteiger partial charge in [-0.2, -0.15) is 0 Å². The Morgan fingerprint density at radius 1 is 0.963 bits per heavy atom. The summed E-state index contributed by atoms with van der Waals surface area (Å²) in [5.41, 5.74) is 2.57.